The van der Waals surface area contributed by atoms with Crippen LogP contribution in [0.4, 0.5) is 10.6 Å². The predicted molar refractivity (Wildman–Crippen MR) is 150 cm³/mol. The Balaban J connectivity index is 1.26. The van der Waals surface area contributed by atoms with Gasteiger partial charge in [0.05, 0.1) is 22.9 Å². The molecule has 1 aromatic heterocycles. The van der Waals surface area contributed by atoms with Gasteiger partial charge in [0, 0.05) is 0 Å². The highest BCUT2D eigenvalue weighted by Crippen LogP contribution is 2.49. The van der Waals surface area contributed by atoms with Crippen molar-refractivity contribution in [2.24, 2.45) is 0 Å². The summed E-state index contributed by atoms with van der Waals surface area (Å²) in [6.07, 6.45) is 1.62. The minimum Gasteiger partial charge on any atom is -0.468 e. The zero-order valence-electron chi connectivity index (χ0n) is 21.7. The van der Waals surface area contributed by atoms with E-state index < -0.39 is 11.5 Å². The molecule has 0 radical (unpaired) electrons. The maximum Gasteiger partial charge on any atom is 0.413 e. The predicted octanol–water partition coefficient (Wildman–Crippen LogP) is 7.55. The zero-order chi connectivity index (χ0) is 26.7. The van der Waals surface area contributed by atoms with Gasteiger partial charge >= 0.3 is 12.1 Å². The van der Waals surface area contributed by atoms with Gasteiger partial charge in [0.1, 0.15) is 6.10 Å². The molecule has 7 heteroatoms. The lowest BCUT2D eigenvalue weighted by Gasteiger charge is -2.17. The minimum absolute atomic E-state index is 0.160. The summed E-state index contributed by atoms with van der Waals surface area (Å²) in [7, 11) is 1.44. The molecule has 0 spiro atoms. The molecule has 0 aliphatic heterocycles. The van der Waals surface area contributed by atoms with Gasteiger partial charge in [-0.3, -0.25) is 10.1 Å². The molecule has 1 aliphatic rings. The van der Waals surface area contributed by atoms with E-state index in [1.54, 1.807) is 5.51 Å². The van der Waals surface area contributed by atoms with Gasteiger partial charge in [-0.05, 0) is 59.6 Å². The Kier molecular flexibility index (Phi) is 7.29. The van der Waals surface area contributed by atoms with E-state index in [1.165, 1.54) is 18.4 Å². The Labute approximate surface area is 226 Å². The molecule has 3 aromatic carbocycles. The van der Waals surface area contributed by atoms with Gasteiger partial charge in [0.15, 0.2) is 5.82 Å². The molecular weight excluding hydrogens is 496 g/mol. The molecule has 5 rings (SSSR count). The Morgan fingerprint density at radius 1 is 0.974 bits per heavy atom. The second kappa shape index (κ2) is 10.8. The highest BCUT2D eigenvalue weighted by molar-refractivity contribution is 7.13. The van der Waals surface area contributed by atoms with Crippen LogP contribution >= 0.6 is 11.3 Å². The fourth-order valence-electron chi connectivity index (χ4n) is 4.87. The number of nitrogens with one attached hydrogen (secondary N) is 1. The number of aromatic nitrogens is 1. The number of thiazole rings is 1. The molecule has 0 bridgehead atoms. The summed E-state index contributed by atoms with van der Waals surface area (Å²) in [4.78, 5) is 30.1. The average Bonchev–Trinajstić information content (AvgIpc) is 3.65. The highest BCUT2D eigenvalue weighted by atomic mass is 32.1. The fraction of sp³-hybridized carbons (Fsp3) is 0.258. The summed E-state index contributed by atoms with van der Waals surface area (Å²) in [5, 5.41) is 2.81. The zero-order valence-corrected chi connectivity index (χ0v) is 22.5. The van der Waals surface area contributed by atoms with Crippen molar-refractivity contribution in [1.29, 1.82) is 0 Å². The Hall–Kier alpha value is -3.97. The second-order valence-corrected chi connectivity index (χ2v) is 10.3. The normalized spacial score (nSPS) is 14.4. The van der Waals surface area contributed by atoms with Crippen molar-refractivity contribution in [3.05, 3.63) is 95.0 Å². The number of benzene rings is 3. The highest BCUT2D eigenvalue weighted by Gasteiger charge is 2.52. The summed E-state index contributed by atoms with van der Waals surface area (Å²) in [6.45, 7) is 3.96. The molecule has 4 aromatic rings. The van der Waals surface area contributed by atoms with Crippen molar-refractivity contribution < 1.29 is 19.1 Å². The first kappa shape index (κ1) is 25.7. The van der Waals surface area contributed by atoms with Crippen LogP contribution in [0.2, 0.25) is 0 Å². The molecule has 1 N–H and O–H groups in total. The van der Waals surface area contributed by atoms with Crippen molar-refractivity contribution in [3.8, 4) is 21.6 Å². The Morgan fingerprint density at radius 2 is 1.61 bits per heavy atom. The van der Waals surface area contributed by atoms with E-state index in [0.29, 0.717) is 5.82 Å². The van der Waals surface area contributed by atoms with Gasteiger partial charge in [-0.25, -0.2) is 9.78 Å². The number of nitrogens with zero attached hydrogens (tertiary/aromatic N) is 1. The molecule has 0 saturated heterocycles. The standard InChI is InChI=1S/C31H30N2O4S/c1-4-21-7-5-6-8-26(21)20(2)37-30(35)33-28-27(38-19-32-28)24-11-9-22(10-12-24)23-13-15-25(16-14-23)31(17-18-31)29(34)36-3/h5-16,19-20H,4,17-18H2,1-3H3,(H,33,35). The fourth-order valence-corrected chi connectivity index (χ4v) is 5.62. The van der Waals surface area contributed by atoms with Crippen LogP contribution in [0.3, 0.4) is 0 Å². The van der Waals surface area contributed by atoms with Crippen LogP contribution in [0.25, 0.3) is 21.6 Å². The van der Waals surface area contributed by atoms with Crippen molar-refractivity contribution in [3.63, 3.8) is 0 Å². The SMILES string of the molecule is CCc1ccccc1C(C)OC(=O)Nc1ncsc1-c1ccc(-c2ccc(C3(C(=O)OC)CC3)cc2)cc1. The number of anilines is 1. The number of rotatable bonds is 8. The van der Waals surface area contributed by atoms with E-state index in [0.717, 1.165) is 57.5 Å². The van der Waals surface area contributed by atoms with Crippen LogP contribution in [-0.2, 0) is 26.1 Å². The number of carbonyl (C=O) groups excluding carboxylic acids is 2. The monoisotopic (exact) mass is 526 g/mol. The number of hydrogen-bond donors (Lipinski definition) is 1. The van der Waals surface area contributed by atoms with Gasteiger partial charge in [0.25, 0.3) is 0 Å². The molecule has 194 valence electrons. The molecule has 1 fully saturated rings. The molecule has 1 amide bonds. The van der Waals surface area contributed by atoms with E-state index in [4.69, 9.17) is 9.47 Å². The van der Waals surface area contributed by atoms with E-state index >= 15 is 0 Å². The van der Waals surface area contributed by atoms with Crippen LogP contribution in [-0.4, -0.2) is 24.2 Å². The van der Waals surface area contributed by atoms with Gasteiger partial charge in [0.2, 0.25) is 0 Å². The van der Waals surface area contributed by atoms with Crippen LogP contribution in [0.5, 0.6) is 0 Å². The molecular formula is C31H30N2O4S. The topological polar surface area (TPSA) is 77.5 Å². The third-order valence-corrected chi connectivity index (χ3v) is 8.07. The number of amides is 1. The number of ether oxygens (including phenoxy) is 2. The molecule has 1 atom stereocenters. The second-order valence-electron chi connectivity index (χ2n) is 9.48. The number of aryl methyl sites for hydroxylation is 1. The van der Waals surface area contributed by atoms with Crippen LogP contribution < -0.4 is 5.32 Å². The van der Waals surface area contributed by atoms with Gasteiger partial charge < -0.3 is 9.47 Å². The smallest absolute Gasteiger partial charge is 0.413 e. The third-order valence-electron chi connectivity index (χ3n) is 7.19. The van der Waals surface area contributed by atoms with Gasteiger partial charge in [-0.2, -0.15) is 0 Å². The first-order valence-corrected chi connectivity index (χ1v) is 13.6. The lowest BCUT2D eigenvalue weighted by atomic mass is 9.93. The average molecular weight is 527 g/mol. The first-order chi connectivity index (χ1) is 18.4. The lowest BCUT2D eigenvalue weighted by molar-refractivity contribution is -0.143. The molecule has 6 nitrogen and oxygen atoms in total. The van der Waals surface area contributed by atoms with E-state index in [-0.39, 0.29) is 12.1 Å². The number of methoxy groups -OCH3 is 1. The van der Waals surface area contributed by atoms with E-state index in [2.05, 4.69) is 23.3 Å². The van der Waals surface area contributed by atoms with Crippen LogP contribution in [0.1, 0.15) is 49.5 Å². The summed E-state index contributed by atoms with van der Waals surface area (Å²) in [6, 6.07) is 24.2. The molecule has 38 heavy (non-hydrogen) atoms. The largest absolute Gasteiger partial charge is 0.468 e. The maximum atomic E-state index is 12.7. The number of carbonyl (C=O) groups is 2. The van der Waals surface area contributed by atoms with E-state index in [9.17, 15) is 9.59 Å². The molecule has 1 heterocycles. The maximum absolute atomic E-state index is 12.7. The van der Waals surface area contributed by atoms with E-state index in [1.807, 2.05) is 73.7 Å². The first-order valence-electron chi connectivity index (χ1n) is 12.7. The molecule has 1 unspecified atom stereocenters. The minimum atomic E-state index is -0.535. The van der Waals surface area contributed by atoms with Crippen LogP contribution in [0.15, 0.2) is 78.3 Å². The number of hydrogen-bond acceptors (Lipinski definition) is 6. The van der Waals surface area contributed by atoms with Gasteiger partial charge in [-0.1, -0.05) is 79.7 Å². The summed E-state index contributed by atoms with van der Waals surface area (Å²) in [5.41, 5.74) is 7.49. The quantitative estimate of drug-likeness (QED) is 0.240. The molecule has 1 saturated carbocycles. The summed E-state index contributed by atoms with van der Waals surface area (Å²) < 4.78 is 10.7. The summed E-state index contributed by atoms with van der Waals surface area (Å²) >= 11 is 1.46. The lowest BCUT2D eigenvalue weighted by Crippen LogP contribution is -2.21. The van der Waals surface area contributed by atoms with Crippen molar-refractivity contribution in [2.45, 2.75) is 44.6 Å². The number of esters is 1. The van der Waals surface area contributed by atoms with Crippen LogP contribution in [0, 0.1) is 0 Å². The van der Waals surface area contributed by atoms with Crippen molar-refractivity contribution in [2.75, 3.05) is 12.4 Å². The van der Waals surface area contributed by atoms with Gasteiger partial charge in [-0.15, -0.1) is 11.3 Å². The third kappa shape index (κ3) is 5.07. The molecule has 1 aliphatic carbocycles. The van der Waals surface area contributed by atoms with Crippen molar-refractivity contribution >= 4 is 29.2 Å². The Bertz CT molecular complexity index is 1440. The Morgan fingerprint density at radius 3 is 2.24 bits per heavy atom. The van der Waals surface area contributed by atoms with Crippen molar-refractivity contribution in [1.82, 2.24) is 4.98 Å². The summed E-state index contributed by atoms with van der Waals surface area (Å²) in [5.74, 6) is 0.318.